The van der Waals surface area contributed by atoms with Crippen molar-refractivity contribution < 1.29 is 9.47 Å². The van der Waals surface area contributed by atoms with Gasteiger partial charge < -0.3 is 20.5 Å². The predicted molar refractivity (Wildman–Crippen MR) is 82.6 cm³/mol. The average molecular weight is 292 g/mol. The molecule has 2 fully saturated rings. The molecule has 0 radical (unpaired) electrons. The van der Waals surface area contributed by atoms with E-state index < -0.39 is 0 Å². The first-order valence-electron chi connectivity index (χ1n) is 7.75. The summed E-state index contributed by atoms with van der Waals surface area (Å²) in [7, 11) is 0. The zero-order chi connectivity index (χ0) is 14.7. The van der Waals surface area contributed by atoms with Gasteiger partial charge in [-0.05, 0) is 38.4 Å². The molecule has 0 aromatic carbocycles. The number of morpholine rings is 1. The van der Waals surface area contributed by atoms with Gasteiger partial charge in [-0.1, -0.05) is 0 Å². The van der Waals surface area contributed by atoms with E-state index in [-0.39, 0.29) is 6.10 Å². The Morgan fingerprint density at radius 1 is 1.52 bits per heavy atom. The third-order valence-electron chi connectivity index (χ3n) is 4.14. The van der Waals surface area contributed by atoms with Crippen LogP contribution in [0.4, 0.5) is 11.5 Å². The molecule has 0 aliphatic carbocycles. The number of nitrogens with zero attached hydrogens (tertiary/aromatic N) is 2. The number of nitrogens with one attached hydrogen (secondary N) is 1. The Labute approximate surface area is 125 Å². The van der Waals surface area contributed by atoms with E-state index in [1.54, 1.807) is 0 Å². The fraction of sp³-hybridized carbons (Fsp3) is 0.667. The fourth-order valence-electron chi connectivity index (χ4n) is 3.03. The van der Waals surface area contributed by atoms with Crippen LogP contribution in [0.25, 0.3) is 0 Å². The molecule has 6 heteroatoms. The number of nitrogens with two attached hydrogens (primary N) is 1. The van der Waals surface area contributed by atoms with E-state index in [2.05, 4.69) is 15.2 Å². The van der Waals surface area contributed by atoms with Crippen molar-refractivity contribution in [3.05, 3.63) is 12.1 Å². The van der Waals surface area contributed by atoms with E-state index in [1.807, 2.05) is 19.1 Å². The van der Waals surface area contributed by atoms with E-state index in [1.165, 1.54) is 19.4 Å². The van der Waals surface area contributed by atoms with E-state index in [4.69, 9.17) is 15.2 Å². The molecule has 2 atom stereocenters. The number of ether oxygens (including phenoxy) is 2. The van der Waals surface area contributed by atoms with Gasteiger partial charge in [0.2, 0.25) is 5.88 Å². The monoisotopic (exact) mass is 292 g/mol. The van der Waals surface area contributed by atoms with Crippen LogP contribution in [0.5, 0.6) is 5.88 Å². The molecule has 0 spiro atoms. The summed E-state index contributed by atoms with van der Waals surface area (Å²) in [5.41, 5.74) is 6.39. The second kappa shape index (κ2) is 6.49. The molecule has 0 amide bonds. The number of rotatable bonds is 5. The lowest BCUT2D eigenvalue weighted by atomic mass is 10.2. The molecular weight excluding hydrogens is 268 g/mol. The molecule has 116 valence electrons. The van der Waals surface area contributed by atoms with E-state index >= 15 is 0 Å². The molecule has 2 aliphatic rings. The molecule has 3 rings (SSSR count). The molecule has 21 heavy (non-hydrogen) atoms. The molecule has 3 heterocycles. The van der Waals surface area contributed by atoms with Crippen LogP contribution in [0.3, 0.4) is 0 Å². The van der Waals surface area contributed by atoms with Gasteiger partial charge in [-0.3, -0.25) is 4.90 Å². The summed E-state index contributed by atoms with van der Waals surface area (Å²) < 4.78 is 11.3. The summed E-state index contributed by atoms with van der Waals surface area (Å²) in [6.45, 7) is 6.30. The molecule has 2 saturated heterocycles. The summed E-state index contributed by atoms with van der Waals surface area (Å²) >= 11 is 0. The standard InChI is InChI=1S/C15H24N4O2/c1-2-20-15-13(16)5-6-14(18-15)17-8-12-9-19-7-3-4-11(19)10-21-12/h5-6,11-12H,2-4,7-10,16H2,1H3,(H,17,18). The predicted octanol–water partition coefficient (Wildman–Crippen LogP) is 1.34. The maximum Gasteiger partial charge on any atom is 0.239 e. The lowest BCUT2D eigenvalue weighted by molar-refractivity contribution is -0.0416. The first-order chi connectivity index (χ1) is 10.3. The van der Waals surface area contributed by atoms with Crippen molar-refractivity contribution >= 4 is 11.5 Å². The molecule has 1 aromatic rings. The summed E-state index contributed by atoms with van der Waals surface area (Å²) in [5.74, 6) is 1.27. The minimum Gasteiger partial charge on any atom is -0.476 e. The molecule has 2 aliphatic heterocycles. The number of hydrogen-bond acceptors (Lipinski definition) is 6. The number of nitrogen functional groups attached to an aromatic ring is 1. The van der Waals surface area contributed by atoms with Crippen molar-refractivity contribution in [3.8, 4) is 5.88 Å². The second-order valence-electron chi connectivity index (χ2n) is 5.65. The molecule has 1 aromatic heterocycles. The van der Waals surface area contributed by atoms with Crippen molar-refractivity contribution in [2.24, 2.45) is 0 Å². The summed E-state index contributed by atoms with van der Waals surface area (Å²) in [4.78, 5) is 6.92. The van der Waals surface area contributed by atoms with E-state index in [9.17, 15) is 0 Å². The molecule has 2 unspecified atom stereocenters. The summed E-state index contributed by atoms with van der Waals surface area (Å²) in [6.07, 6.45) is 2.79. The van der Waals surface area contributed by atoms with E-state index in [0.717, 1.165) is 25.5 Å². The maximum atomic E-state index is 5.93. The Bertz CT molecular complexity index is 483. The van der Waals surface area contributed by atoms with Crippen molar-refractivity contribution in [1.29, 1.82) is 0 Å². The number of fused-ring (bicyclic) bond motifs is 1. The van der Waals surface area contributed by atoms with Gasteiger partial charge in [-0.15, -0.1) is 0 Å². The Morgan fingerprint density at radius 2 is 2.43 bits per heavy atom. The minimum absolute atomic E-state index is 0.217. The summed E-state index contributed by atoms with van der Waals surface area (Å²) in [6, 6.07) is 4.33. The lowest BCUT2D eigenvalue weighted by Crippen LogP contribution is -2.48. The molecular formula is C15H24N4O2. The van der Waals surface area contributed by atoms with Crippen LogP contribution in [0, 0.1) is 0 Å². The Balaban J connectivity index is 1.54. The number of hydrogen-bond donors (Lipinski definition) is 2. The van der Waals surface area contributed by atoms with Crippen LogP contribution in [0.1, 0.15) is 19.8 Å². The Hall–Kier alpha value is -1.53. The largest absolute Gasteiger partial charge is 0.476 e. The third kappa shape index (κ3) is 3.39. The zero-order valence-corrected chi connectivity index (χ0v) is 12.5. The van der Waals surface area contributed by atoms with Crippen LogP contribution in [0.15, 0.2) is 12.1 Å². The van der Waals surface area contributed by atoms with Crippen LogP contribution >= 0.6 is 0 Å². The van der Waals surface area contributed by atoms with E-state index in [0.29, 0.717) is 24.2 Å². The van der Waals surface area contributed by atoms with Crippen LogP contribution in [0.2, 0.25) is 0 Å². The fourth-order valence-corrected chi connectivity index (χ4v) is 3.03. The normalized spacial score (nSPS) is 25.6. The molecule has 0 bridgehead atoms. The van der Waals surface area contributed by atoms with Gasteiger partial charge in [-0.25, -0.2) is 0 Å². The first kappa shape index (κ1) is 14.4. The SMILES string of the molecule is CCOc1nc(NCC2CN3CCCC3CO2)ccc1N. The van der Waals surface area contributed by atoms with Crippen LogP contribution in [-0.2, 0) is 4.74 Å². The minimum atomic E-state index is 0.217. The average Bonchev–Trinajstić information content (AvgIpc) is 2.96. The third-order valence-corrected chi connectivity index (χ3v) is 4.14. The second-order valence-corrected chi connectivity index (χ2v) is 5.65. The van der Waals surface area contributed by atoms with Crippen molar-refractivity contribution in [1.82, 2.24) is 9.88 Å². The highest BCUT2D eigenvalue weighted by Crippen LogP contribution is 2.24. The van der Waals surface area contributed by atoms with Crippen molar-refractivity contribution in [3.63, 3.8) is 0 Å². The van der Waals surface area contributed by atoms with Crippen molar-refractivity contribution in [2.75, 3.05) is 43.9 Å². The first-order valence-corrected chi connectivity index (χ1v) is 7.75. The quantitative estimate of drug-likeness (QED) is 0.853. The van der Waals surface area contributed by atoms with Crippen molar-refractivity contribution in [2.45, 2.75) is 31.9 Å². The van der Waals surface area contributed by atoms with Gasteiger partial charge in [0, 0.05) is 19.1 Å². The Morgan fingerprint density at radius 3 is 3.29 bits per heavy atom. The van der Waals surface area contributed by atoms with Crippen LogP contribution < -0.4 is 15.8 Å². The maximum absolute atomic E-state index is 5.93. The van der Waals surface area contributed by atoms with Gasteiger partial charge in [0.25, 0.3) is 0 Å². The lowest BCUT2D eigenvalue weighted by Gasteiger charge is -2.35. The highest BCUT2D eigenvalue weighted by Gasteiger charge is 2.31. The highest BCUT2D eigenvalue weighted by atomic mass is 16.5. The number of anilines is 2. The molecule has 0 saturated carbocycles. The highest BCUT2D eigenvalue weighted by molar-refractivity contribution is 5.53. The zero-order valence-electron chi connectivity index (χ0n) is 12.5. The van der Waals surface area contributed by atoms with Gasteiger partial charge in [0.15, 0.2) is 0 Å². The number of pyridine rings is 1. The van der Waals surface area contributed by atoms with Gasteiger partial charge in [0.05, 0.1) is 25.0 Å². The van der Waals surface area contributed by atoms with Gasteiger partial charge >= 0.3 is 0 Å². The molecule has 6 nitrogen and oxygen atoms in total. The Kier molecular flexibility index (Phi) is 4.45. The topological polar surface area (TPSA) is 72.6 Å². The van der Waals surface area contributed by atoms with Gasteiger partial charge in [0.1, 0.15) is 5.82 Å². The van der Waals surface area contributed by atoms with Crippen LogP contribution in [-0.4, -0.2) is 54.9 Å². The molecule has 3 N–H and O–H groups in total. The summed E-state index contributed by atoms with van der Waals surface area (Å²) in [5, 5.41) is 3.32. The smallest absolute Gasteiger partial charge is 0.239 e. The number of aromatic nitrogens is 1. The van der Waals surface area contributed by atoms with Gasteiger partial charge in [-0.2, -0.15) is 4.98 Å².